The Labute approximate surface area is 184 Å². The van der Waals surface area contributed by atoms with E-state index < -0.39 is 16.2 Å². The summed E-state index contributed by atoms with van der Waals surface area (Å²) in [6, 6.07) is 12.4. The highest BCUT2D eigenvalue weighted by Gasteiger charge is 2.42. The number of benzene rings is 2. The average Bonchev–Trinajstić information content (AvgIpc) is 2.72. The molecule has 0 amide bonds. The molecule has 0 radical (unpaired) electrons. The molecule has 2 aromatic rings. The number of hydrogen-bond acceptors (Lipinski definition) is 6. The summed E-state index contributed by atoms with van der Waals surface area (Å²) in [6.45, 7) is 1.84. The summed E-state index contributed by atoms with van der Waals surface area (Å²) in [4.78, 5) is 12.8. The van der Waals surface area contributed by atoms with E-state index in [0.717, 1.165) is 5.56 Å². The third-order valence-corrected chi connectivity index (χ3v) is 5.27. The lowest BCUT2D eigenvalue weighted by Crippen LogP contribution is -2.56. The number of nitrogens with zero attached hydrogens (tertiary/aromatic N) is 1. The number of likely N-dealkylation sites (N-methyl/N-ethyl adjacent to an activating group) is 1. The molecule has 0 N–H and O–H groups in total. The van der Waals surface area contributed by atoms with Crippen molar-refractivity contribution in [1.82, 2.24) is 0 Å². The van der Waals surface area contributed by atoms with Gasteiger partial charge >= 0.3 is 5.97 Å². The molecule has 1 unspecified atom stereocenters. The number of rotatable bonds is 9. The normalized spacial score (nSPS) is 12.9. The van der Waals surface area contributed by atoms with Gasteiger partial charge in [-0.3, -0.25) is 0 Å². The molecule has 8 heteroatoms. The largest absolute Gasteiger partial charge is 0.632 e. The predicted octanol–water partition coefficient (Wildman–Crippen LogP) is 4.17. The lowest BCUT2D eigenvalue weighted by molar-refractivity contribution is -0.905. The SMILES string of the molecule is CCC(COC(=O)c1cc(OC)c(OC)c(OC)c1)(c1ccccc1)[N+](C)(C)[O-].Cl. The maximum Gasteiger partial charge on any atom is 0.338 e. The summed E-state index contributed by atoms with van der Waals surface area (Å²) in [5.41, 5.74) is 0.131. The van der Waals surface area contributed by atoms with Crippen LogP contribution in [0.2, 0.25) is 0 Å². The fourth-order valence-electron chi connectivity index (χ4n) is 3.45. The van der Waals surface area contributed by atoms with E-state index in [1.807, 2.05) is 37.3 Å². The average molecular weight is 440 g/mol. The van der Waals surface area contributed by atoms with E-state index in [9.17, 15) is 10.0 Å². The molecule has 0 saturated heterocycles. The zero-order chi connectivity index (χ0) is 21.7. The molecule has 2 aromatic carbocycles. The molecule has 30 heavy (non-hydrogen) atoms. The summed E-state index contributed by atoms with van der Waals surface area (Å²) in [5.74, 6) is 0.509. The van der Waals surface area contributed by atoms with Gasteiger partial charge in [0.1, 0.15) is 0 Å². The van der Waals surface area contributed by atoms with E-state index in [1.165, 1.54) is 33.5 Å². The van der Waals surface area contributed by atoms with Gasteiger partial charge in [0, 0.05) is 12.0 Å². The highest BCUT2D eigenvalue weighted by atomic mass is 35.5. The maximum absolute atomic E-state index is 13.1. The number of ether oxygens (including phenoxy) is 4. The fraction of sp³-hybridized carbons (Fsp3) is 0.409. The quantitative estimate of drug-likeness (QED) is 0.331. The van der Waals surface area contributed by atoms with Crippen LogP contribution in [0.4, 0.5) is 0 Å². The summed E-state index contributed by atoms with van der Waals surface area (Å²) in [6.07, 6.45) is 0.496. The molecule has 0 aliphatic heterocycles. The number of carbonyl (C=O) groups is 1. The van der Waals surface area contributed by atoms with Gasteiger partial charge in [-0.15, -0.1) is 12.4 Å². The molecule has 0 spiro atoms. The standard InChI is InChI=1S/C22H29NO6.ClH/c1-7-22(23(2,3)25,17-11-9-8-10-12-17)15-29-21(24)16-13-18(26-4)20(28-6)19(14-16)27-5;/h8-14H,7,15H2,1-6H3;1H. The molecule has 0 aromatic heterocycles. The second-order valence-corrected chi connectivity index (χ2v) is 7.09. The van der Waals surface area contributed by atoms with E-state index in [0.29, 0.717) is 23.7 Å². The van der Waals surface area contributed by atoms with Crippen LogP contribution in [0.5, 0.6) is 17.2 Å². The molecule has 166 valence electrons. The van der Waals surface area contributed by atoms with Gasteiger partial charge in [0.25, 0.3) is 0 Å². The lowest BCUT2D eigenvalue weighted by Gasteiger charge is -2.51. The van der Waals surface area contributed by atoms with Crippen molar-refractivity contribution < 1.29 is 28.4 Å². The Morgan fingerprint density at radius 3 is 1.93 bits per heavy atom. The van der Waals surface area contributed by atoms with Gasteiger partial charge in [0.15, 0.2) is 23.6 Å². The minimum Gasteiger partial charge on any atom is -0.632 e. The molecule has 7 nitrogen and oxygen atoms in total. The van der Waals surface area contributed by atoms with Crippen LogP contribution in [0.3, 0.4) is 0 Å². The molecular weight excluding hydrogens is 410 g/mol. The maximum atomic E-state index is 13.1. The fourth-order valence-corrected chi connectivity index (χ4v) is 3.45. The number of carbonyl (C=O) groups excluding carboxylic acids is 1. The lowest BCUT2D eigenvalue weighted by atomic mass is 9.86. The molecule has 0 fully saturated rings. The van der Waals surface area contributed by atoms with Crippen molar-refractivity contribution in [1.29, 1.82) is 0 Å². The van der Waals surface area contributed by atoms with Gasteiger partial charge in [-0.25, -0.2) is 4.79 Å². The Hall–Kier alpha value is -2.48. The second kappa shape index (κ2) is 10.5. The van der Waals surface area contributed by atoms with E-state index in [-0.39, 0.29) is 24.6 Å². The van der Waals surface area contributed by atoms with Crippen molar-refractivity contribution in [2.75, 3.05) is 42.0 Å². The Bertz CT molecular complexity index is 812. The molecule has 2 rings (SSSR count). The first-order valence-electron chi connectivity index (χ1n) is 9.31. The number of esters is 1. The highest BCUT2D eigenvalue weighted by Crippen LogP contribution is 2.39. The third-order valence-electron chi connectivity index (χ3n) is 5.27. The van der Waals surface area contributed by atoms with Crippen molar-refractivity contribution in [3.63, 3.8) is 0 Å². The second-order valence-electron chi connectivity index (χ2n) is 7.09. The van der Waals surface area contributed by atoms with Gasteiger partial charge in [0.2, 0.25) is 5.75 Å². The zero-order valence-electron chi connectivity index (χ0n) is 18.3. The smallest absolute Gasteiger partial charge is 0.338 e. The van der Waals surface area contributed by atoms with Crippen molar-refractivity contribution in [2.45, 2.75) is 18.9 Å². The Morgan fingerprint density at radius 2 is 1.53 bits per heavy atom. The van der Waals surface area contributed by atoms with Crippen molar-refractivity contribution in [2.24, 2.45) is 0 Å². The van der Waals surface area contributed by atoms with Crippen LogP contribution in [0.15, 0.2) is 42.5 Å². The van der Waals surface area contributed by atoms with E-state index >= 15 is 0 Å². The summed E-state index contributed by atoms with van der Waals surface area (Å²) >= 11 is 0. The minimum absolute atomic E-state index is 0. The zero-order valence-corrected chi connectivity index (χ0v) is 19.1. The molecule has 0 saturated carbocycles. The van der Waals surface area contributed by atoms with Crippen LogP contribution in [-0.2, 0) is 10.3 Å². The summed E-state index contributed by atoms with van der Waals surface area (Å²) < 4.78 is 20.9. The third kappa shape index (κ3) is 4.98. The first-order valence-corrected chi connectivity index (χ1v) is 9.31. The molecular formula is C22H30ClNO6. The van der Waals surface area contributed by atoms with Gasteiger partial charge in [-0.2, -0.15) is 0 Å². The Balaban J connectivity index is 0.00000450. The minimum atomic E-state index is -0.933. The first-order chi connectivity index (χ1) is 13.7. The van der Waals surface area contributed by atoms with Gasteiger partial charge < -0.3 is 28.8 Å². The van der Waals surface area contributed by atoms with Crippen molar-refractivity contribution in [3.05, 3.63) is 58.8 Å². The Morgan fingerprint density at radius 1 is 1.00 bits per heavy atom. The van der Waals surface area contributed by atoms with E-state index in [4.69, 9.17) is 18.9 Å². The summed E-state index contributed by atoms with van der Waals surface area (Å²) in [5, 5.41) is 13.1. The van der Waals surface area contributed by atoms with E-state index in [2.05, 4.69) is 0 Å². The number of quaternary nitrogens is 1. The van der Waals surface area contributed by atoms with Crippen LogP contribution in [0, 0.1) is 5.21 Å². The summed E-state index contributed by atoms with van der Waals surface area (Å²) in [7, 11) is 7.55. The molecule has 0 heterocycles. The number of hydroxylamine groups is 3. The molecule has 0 bridgehead atoms. The Kier molecular flexibility index (Phi) is 8.96. The van der Waals surface area contributed by atoms with Crippen LogP contribution >= 0.6 is 12.4 Å². The topological polar surface area (TPSA) is 77.1 Å². The number of methoxy groups -OCH3 is 3. The van der Waals surface area contributed by atoms with Gasteiger partial charge in [0.05, 0.1) is 41.0 Å². The molecule has 0 aliphatic rings. The van der Waals surface area contributed by atoms with Crippen LogP contribution in [-0.4, -0.2) is 52.6 Å². The van der Waals surface area contributed by atoms with Crippen LogP contribution < -0.4 is 14.2 Å². The number of hydrogen-bond donors (Lipinski definition) is 0. The predicted molar refractivity (Wildman–Crippen MR) is 118 cm³/mol. The van der Waals surface area contributed by atoms with E-state index in [1.54, 1.807) is 14.1 Å². The highest BCUT2D eigenvalue weighted by molar-refractivity contribution is 5.91. The monoisotopic (exact) mass is 439 g/mol. The van der Waals surface area contributed by atoms with Crippen molar-refractivity contribution >= 4 is 18.4 Å². The molecule has 0 aliphatic carbocycles. The number of halogens is 1. The molecule has 1 atom stereocenters. The first kappa shape index (κ1) is 25.6. The van der Waals surface area contributed by atoms with Gasteiger partial charge in [-0.05, 0) is 12.1 Å². The van der Waals surface area contributed by atoms with Crippen LogP contribution in [0.25, 0.3) is 0 Å². The van der Waals surface area contributed by atoms with Crippen molar-refractivity contribution in [3.8, 4) is 17.2 Å². The van der Waals surface area contributed by atoms with Gasteiger partial charge in [-0.1, -0.05) is 37.3 Å². The van der Waals surface area contributed by atoms with Crippen LogP contribution in [0.1, 0.15) is 29.3 Å².